The highest BCUT2D eigenvalue weighted by atomic mass is 35.5. The van der Waals surface area contributed by atoms with Crippen LogP contribution in [0.5, 0.6) is 0 Å². The summed E-state index contributed by atoms with van der Waals surface area (Å²) in [5, 5.41) is 47.4. The third-order valence-corrected chi connectivity index (χ3v) is 11.8. The van der Waals surface area contributed by atoms with Crippen molar-refractivity contribution in [2.24, 2.45) is 15.8 Å². The fraction of sp³-hybridized carbons (Fsp3) is 0.700. The van der Waals surface area contributed by atoms with E-state index in [-0.39, 0.29) is 19.0 Å². The summed E-state index contributed by atoms with van der Waals surface area (Å²) in [5.74, 6) is 0.223. The zero-order valence-corrected chi connectivity index (χ0v) is 34.3. The van der Waals surface area contributed by atoms with Gasteiger partial charge in [0.15, 0.2) is 5.84 Å². The third kappa shape index (κ3) is 13.9. The number of phosphoric acid groups is 1. The molecular formula is C40H60ClN6O8P. The fourth-order valence-corrected chi connectivity index (χ4v) is 8.43. The molecule has 5 N–H and O–H groups in total. The van der Waals surface area contributed by atoms with Crippen molar-refractivity contribution in [1.82, 2.24) is 5.01 Å². The molecule has 3 heterocycles. The quantitative estimate of drug-likeness (QED) is 0.0500. The van der Waals surface area contributed by atoms with Gasteiger partial charge in [-0.05, 0) is 36.6 Å². The van der Waals surface area contributed by atoms with Crippen LogP contribution in [0.3, 0.4) is 0 Å². The summed E-state index contributed by atoms with van der Waals surface area (Å²) in [7, 11) is -4.81. The number of aliphatic imine (C=N–C) groups is 1. The van der Waals surface area contributed by atoms with Gasteiger partial charge in [-0.3, -0.25) is 14.1 Å². The van der Waals surface area contributed by atoms with E-state index in [1.54, 1.807) is 24.3 Å². The number of halogens is 1. The van der Waals surface area contributed by atoms with Crippen molar-refractivity contribution < 1.29 is 38.2 Å². The Bertz CT molecular complexity index is 1620. The molecule has 0 aromatic heterocycles. The number of ether oxygens (including phenoxy) is 2. The number of hydrogen-bond donors (Lipinski definition) is 4. The first kappa shape index (κ1) is 45.8. The van der Waals surface area contributed by atoms with Crippen LogP contribution in [0.15, 0.2) is 40.1 Å². The molecule has 0 saturated carbocycles. The van der Waals surface area contributed by atoms with Crippen LogP contribution in [0, 0.1) is 22.7 Å². The summed E-state index contributed by atoms with van der Waals surface area (Å²) >= 11 is 6.18. The second-order valence-corrected chi connectivity index (χ2v) is 16.9. The summed E-state index contributed by atoms with van der Waals surface area (Å²) < 4.78 is 35.7. The summed E-state index contributed by atoms with van der Waals surface area (Å²) in [4.78, 5) is 14.6. The molecule has 1 aromatic rings. The topological polar surface area (TPSA) is 216 Å². The van der Waals surface area contributed by atoms with Crippen LogP contribution in [-0.2, 0) is 29.7 Å². The summed E-state index contributed by atoms with van der Waals surface area (Å²) in [6.45, 7) is 1.17. The molecule has 56 heavy (non-hydrogen) atoms. The summed E-state index contributed by atoms with van der Waals surface area (Å²) in [5.41, 5.74) is 5.33. The van der Waals surface area contributed by atoms with Gasteiger partial charge < -0.3 is 30.3 Å². The van der Waals surface area contributed by atoms with Gasteiger partial charge in [-0.1, -0.05) is 127 Å². The van der Waals surface area contributed by atoms with Gasteiger partial charge in [0.05, 0.1) is 42.7 Å². The maximum Gasteiger partial charge on any atom is 0.472 e. The van der Waals surface area contributed by atoms with Crippen LogP contribution >= 0.6 is 19.4 Å². The van der Waals surface area contributed by atoms with Crippen molar-refractivity contribution in [3.63, 3.8) is 0 Å². The SMILES string of the molecule is CCCCCCCCCCCCCCCCCC[C@@H](COP(=O)(O)OC[C@@]1(C#N)O[C@@H](C2CC=C3C(N)=NC=NN32)[C@H](O)[C@@H]1O)OCc1cc(Cl)cc(C#N)c1. The van der Waals surface area contributed by atoms with E-state index >= 15 is 0 Å². The molecule has 0 spiro atoms. The Kier molecular flexibility index (Phi) is 19.2. The molecule has 3 aliphatic rings. The number of aliphatic hydroxyl groups excluding tert-OH is 2. The van der Waals surface area contributed by atoms with Crippen LogP contribution in [-0.4, -0.2) is 81.6 Å². The van der Waals surface area contributed by atoms with Crippen LogP contribution in [0.2, 0.25) is 5.02 Å². The Balaban J connectivity index is 1.22. The number of phosphoric ester groups is 1. The minimum atomic E-state index is -4.81. The van der Waals surface area contributed by atoms with Gasteiger partial charge in [0, 0.05) is 5.02 Å². The molecule has 14 nitrogen and oxygen atoms in total. The zero-order valence-electron chi connectivity index (χ0n) is 32.6. The first-order chi connectivity index (χ1) is 27.0. The van der Waals surface area contributed by atoms with Crippen LogP contribution in [0.25, 0.3) is 0 Å². The molecule has 0 aliphatic carbocycles. The largest absolute Gasteiger partial charge is 0.472 e. The van der Waals surface area contributed by atoms with E-state index in [4.69, 9.17) is 35.9 Å². The molecule has 4 rings (SSSR count). The lowest BCUT2D eigenvalue weighted by Crippen LogP contribution is -2.46. The van der Waals surface area contributed by atoms with Gasteiger partial charge in [-0.25, -0.2) is 9.56 Å². The predicted molar refractivity (Wildman–Crippen MR) is 214 cm³/mol. The van der Waals surface area contributed by atoms with Gasteiger partial charge >= 0.3 is 7.82 Å². The number of nitrogens with zero attached hydrogens (tertiary/aromatic N) is 5. The molecule has 0 amide bonds. The van der Waals surface area contributed by atoms with Gasteiger partial charge in [0.1, 0.15) is 37.3 Å². The monoisotopic (exact) mass is 818 g/mol. The summed E-state index contributed by atoms with van der Waals surface area (Å²) in [6.07, 6.45) is 18.6. The van der Waals surface area contributed by atoms with Gasteiger partial charge in [0.2, 0.25) is 5.60 Å². The standard InChI is InChI=1S/C40H60ClN6O8P/c1-2-3-4-5-6-7-8-9-10-11-12-13-14-15-16-17-18-33(52-25-31-21-30(24-42)22-32(41)23-31)26-53-56(50,51)54-28-40(27-43)38(49)36(48)37(55-40)34-19-20-35-39(44)45-29-46-47(34)35/h20-23,29,33-34,36-38,48-49H,2-19,25-26,28H2,1H3,(H,50,51)(H2,44,45,46)/t33-,34?,36-,37-,38-,40+/m0/s1. The molecule has 310 valence electrons. The van der Waals surface area contributed by atoms with Crippen LogP contribution in [0.1, 0.15) is 134 Å². The van der Waals surface area contributed by atoms with E-state index in [9.17, 15) is 30.2 Å². The first-order valence-corrected chi connectivity index (χ1v) is 22.1. The van der Waals surface area contributed by atoms with E-state index in [2.05, 4.69) is 23.1 Å². The molecule has 1 fully saturated rings. The lowest BCUT2D eigenvalue weighted by molar-refractivity contribution is -0.0882. The van der Waals surface area contributed by atoms with Crippen LogP contribution in [0.4, 0.5) is 0 Å². The molecule has 1 saturated heterocycles. The highest BCUT2D eigenvalue weighted by Gasteiger charge is 2.59. The molecular weight excluding hydrogens is 759 g/mol. The number of amidine groups is 1. The number of hydrogen-bond acceptors (Lipinski definition) is 13. The number of nitrogens with two attached hydrogens (primary N) is 1. The Hall–Kier alpha value is -2.88. The third-order valence-electron chi connectivity index (χ3n) is 10.6. The van der Waals surface area contributed by atoms with E-state index in [0.717, 1.165) is 25.7 Å². The van der Waals surface area contributed by atoms with Crippen molar-refractivity contribution in [2.75, 3.05) is 13.2 Å². The number of fused-ring (bicyclic) bond motifs is 1. The Morgan fingerprint density at radius 3 is 2.23 bits per heavy atom. The number of hydrazone groups is 1. The number of aliphatic hydroxyl groups is 2. The zero-order chi connectivity index (χ0) is 40.4. The normalized spacial score (nSPS) is 24.6. The molecule has 0 radical (unpaired) electrons. The number of nitriles is 2. The van der Waals surface area contributed by atoms with Gasteiger partial charge in [-0.15, -0.1) is 0 Å². The first-order valence-electron chi connectivity index (χ1n) is 20.3. The second kappa shape index (κ2) is 23.5. The lowest BCUT2D eigenvalue weighted by Gasteiger charge is -2.31. The van der Waals surface area contributed by atoms with Gasteiger partial charge in [0.25, 0.3) is 0 Å². The van der Waals surface area contributed by atoms with Crippen molar-refractivity contribution in [3.05, 3.63) is 46.1 Å². The Labute approximate surface area is 336 Å². The molecule has 2 unspecified atom stereocenters. The highest BCUT2D eigenvalue weighted by molar-refractivity contribution is 7.47. The minimum Gasteiger partial charge on any atom is -0.387 e. The fourth-order valence-electron chi connectivity index (χ4n) is 7.38. The molecule has 0 bridgehead atoms. The number of benzene rings is 1. The van der Waals surface area contributed by atoms with Crippen molar-refractivity contribution >= 4 is 31.6 Å². The van der Waals surface area contributed by atoms with E-state index in [1.807, 2.05) is 6.07 Å². The summed E-state index contributed by atoms with van der Waals surface area (Å²) in [6, 6.07) is 8.18. The maximum absolute atomic E-state index is 13.1. The highest BCUT2D eigenvalue weighted by Crippen LogP contribution is 2.47. The number of rotatable bonds is 27. The molecule has 7 atom stereocenters. The minimum absolute atomic E-state index is 0.0892. The van der Waals surface area contributed by atoms with E-state index in [1.165, 1.54) is 88.4 Å². The van der Waals surface area contributed by atoms with Crippen molar-refractivity contribution in [3.8, 4) is 12.1 Å². The van der Waals surface area contributed by atoms with E-state index in [0.29, 0.717) is 34.7 Å². The Morgan fingerprint density at radius 2 is 1.62 bits per heavy atom. The van der Waals surface area contributed by atoms with Crippen molar-refractivity contribution in [1.29, 1.82) is 10.5 Å². The Morgan fingerprint density at radius 1 is 1.00 bits per heavy atom. The van der Waals surface area contributed by atoms with Crippen molar-refractivity contribution in [2.45, 2.75) is 165 Å². The van der Waals surface area contributed by atoms with E-state index < -0.39 is 50.5 Å². The average Bonchev–Trinajstić information content (AvgIpc) is 3.73. The average molecular weight is 819 g/mol. The molecule has 16 heteroatoms. The number of unbranched alkanes of at least 4 members (excludes halogenated alkanes) is 15. The maximum atomic E-state index is 13.1. The van der Waals surface area contributed by atoms with Crippen LogP contribution < -0.4 is 5.73 Å². The van der Waals surface area contributed by atoms with Gasteiger partial charge in [-0.2, -0.15) is 15.6 Å². The lowest BCUT2D eigenvalue weighted by atomic mass is 9.94. The smallest absolute Gasteiger partial charge is 0.387 e. The molecule has 1 aromatic carbocycles. The predicted octanol–water partition coefficient (Wildman–Crippen LogP) is 7.54. The second-order valence-electron chi connectivity index (χ2n) is 15.0. The molecule has 3 aliphatic heterocycles.